The van der Waals surface area contributed by atoms with Crippen LogP contribution in [-0.2, 0) is 0 Å². The topological polar surface area (TPSA) is 12.0 Å². The van der Waals surface area contributed by atoms with Crippen molar-refractivity contribution >= 4 is 0 Å². The molecule has 0 radical (unpaired) electrons. The van der Waals surface area contributed by atoms with Crippen LogP contribution in [0, 0.1) is 11.8 Å². The lowest BCUT2D eigenvalue weighted by Gasteiger charge is -2.19. The average molecular weight is 169 g/mol. The second-order valence-electron chi connectivity index (χ2n) is 4.19. The van der Waals surface area contributed by atoms with Crippen molar-refractivity contribution in [2.45, 2.75) is 52.5 Å². The molecule has 0 aromatic carbocycles. The fourth-order valence-corrected chi connectivity index (χ4v) is 2.43. The number of rotatable bonds is 4. The summed E-state index contributed by atoms with van der Waals surface area (Å²) in [6.45, 7) is 7.98. The van der Waals surface area contributed by atoms with Gasteiger partial charge in [-0.25, -0.2) is 0 Å². The van der Waals surface area contributed by atoms with E-state index in [9.17, 15) is 0 Å². The zero-order valence-corrected chi connectivity index (χ0v) is 8.77. The summed E-state index contributed by atoms with van der Waals surface area (Å²) in [7, 11) is 0. The van der Waals surface area contributed by atoms with Crippen molar-refractivity contribution in [1.82, 2.24) is 5.32 Å². The SMILES string of the molecule is CCNC(C)C1CCC(CC)C1. The van der Waals surface area contributed by atoms with E-state index in [4.69, 9.17) is 0 Å². The molecule has 0 aliphatic heterocycles. The Morgan fingerprint density at radius 3 is 2.58 bits per heavy atom. The third-order valence-electron chi connectivity index (χ3n) is 3.39. The Morgan fingerprint density at radius 2 is 2.08 bits per heavy atom. The summed E-state index contributed by atoms with van der Waals surface area (Å²) in [5, 5.41) is 3.53. The molecule has 0 aromatic heterocycles. The summed E-state index contributed by atoms with van der Waals surface area (Å²) in [6, 6.07) is 0.742. The third kappa shape index (κ3) is 2.48. The molecule has 0 amide bonds. The molecule has 0 bridgehead atoms. The quantitative estimate of drug-likeness (QED) is 0.682. The fraction of sp³-hybridized carbons (Fsp3) is 1.00. The van der Waals surface area contributed by atoms with Crippen LogP contribution in [0.2, 0.25) is 0 Å². The number of hydrogen-bond acceptors (Lipinski definition) is 1. The Hall–Kier alpha value is -0.0400. The highest BCUT2D eigenvalue weighted by Gasteiger charge is 2.26. The van der Waals surface area contributed by atoms with Gasteiger partial charge >= 0.3 is 0 Å². The summed E-state index contributed by atoms with van der Waals surface area (Å²) < 4.78 is 0. The first kappa shape index (κ1) is 10.0. The van der Waals surface area contributed by atoms with Gasteiger partial charge in [-0.1, -0.05) is 26.7 Å². The summed E-state index contributed by atoms with van der Waals surface area (Å²) >= 11 is 0. The molecule has 3 atom stereocenters. The summed E-state index contributed by atoms with van der Waals surface area (Å²) in [5.74, 6) is 1.98. The zero-order chi connectivity index (χ0) is 8.97. The summed E-state index contributed by atoms with van der Waals surface area (Å²) in [6.07, 6.45) is 5.77. The smallest absolute Gasteiger partial charge is 0.00669 e. The van der Waals surface area contributed by atoms with E-state index in [1.807, 2.05) is 0 Å². The Bertz CT molecular complexity index is 122. The van der Waals surface area contributed by atoms with Gasteiger partial charge in [-0.15, -0.1) is 0 Å². The van der Waals surface area contributed by atoms with E-state index >= 15 is 0 Å². The van der Waals surface area contributed by atoms with E-state index in [1.165, 1.54) is 25.7 Å². The minimum absolute atomic E-state index is 0.742. The maximum Gasteiger partial charge on any atom is 0.00669 e. The lowest BCUT2D eigenvalue weighted by atomic mass is 9.97. The minimum atomic E-state index is 0.742. The highest BCUT2D eigenvalue weighted by Crippen LogP contribution is 2.34. The molecule has 0 aromatic rings. The van der Waals surface area contributed by atoms with Gasteiger partial charge in [0.2, 0.25) is 0 Å². The van der Waals surface area contributed by atoms with E-state index in [-0.39, 0.29) is 0 Å². The lowest BCUT2D eigenvalue weighted by molar-refractivity contribution is 0.372. The molecular formula is C11H23N. The Kier molecular flexibility index (Phi) is 4.07. The van der Waals surface area contributed by atoms with Crippen molar-refractivity contribution < 1.29 is 0 Å². The summed E-state index contributed by atoms with van der Waals surface area (Å²) in [5.41, 5.74) is 0. The first-order valence-electron chi connectivity index (χ1n) is 5.51. The molecule has 1 aliphatic rings. The molecule has 1 nitrogen and oxygen atoms in total. The van der Waals surface area contributed by atoms with Gasteiger partial charge in [0.15, 0.2) is 0 Å². The average Bonchev–Trinajstić information content (AvgIpc) is 2.52. The van der Waals surface area contributed by atoms with E-state index in [1.54, 1.807) is 0 Å². The highest BCUT2D eigenvalue weighted by atomic mass is 14.9. The highest BCUT2D eigenvalue weighted by molar-refractivity contribution is 4.81. The monoisotopic (exact) mass is 169 g/mol. The molecule has 3 unspecified atom stereocenters. The largest absolute Gasteiger partial charge is 0.314 e. The van der Waals surface area contributed by atoms with Gasteiger partial charge in [0.1, 0.15) is 0 Å². The van der Waals surface area contributed by atoms with Crippen molar-refractivity contribution in [3.8, 4) is 0 Å². The maximum atomic E-state index is 3.53. The molecule has 12 heavy (non-hydrogen) atoms. The van der Waals surface area contributed by atoms with Crippen LogP contribution in [-0.4, -0.2) is 12.6 Å². The standard InChI is InChI=1S/C11H23N/c1-4-10-6-7-11(8-10)9(3)12-5-2/h9-12H,4-8H2,1-3H3. The van der Waals surface area contributed by atoms with Crippen LogP contribution in [0.4, 0.5) is 0 Å². The van der Waals surface area contributed by atoms with Gasteiger partial charge in [-0.2, -0.15) is 0 Å². The predicted octanol–water partition coefficient (Wildman–Crippen LogP) is 2.81. The predicted molar refractivity (Wildman–Crippen MR) is 54.3 cm³/mol. The minimum Gasteiger partial charge on any atom is -0.314 e. The van der Waals surface area contributed by atoms with Crippen molar-refractivity contribution in [1.29, 1.82) is 0 Å². The normalized spacial score (nSPS) is 32.2. The third-order valence-corrected chi connectivity index (χ3v) is 3.39. The molecule has 1 saturated carbocycles. The van der Waals surface area contributed by atoms with Crippen molar-refractivity contribution in [2.75, 3.05) is 6.54 Å². The number of hydrogen-bond donors (Lipinski definition) is 1. The van der Waals surface area contributed by atoms with Crippen LogP contribution in [0.15, 0.2) is 0 Å². The van der Waals surface area contributed by atoms with Crippen LogP contribution >= 0.6 is 0 Å². The van der Waals surface area contributed by atoms with Crippen LogP contribution < -0.4 is 5.32 Å². The second-order valence-corrected chi connectivity index (χ2v) is 4.19. The molecule has 0 saturated heterocycles. The summed E-state index contributed by atoms with van der Waals surface area (Å²) in [4.78, 5) is 0. The van der Waals surface area contributed by atoms with E-state index in [2.05, 4.69) is 26.1 Å². The van der Waals surface area contributed by atoms with Crippen molar-refractivity contribution in [3.63, 3.8) is 0 Å². The molecule has 1 fully saturated rings. The van der Waals surface area contributed by atoms with Gasteiger partial charge in [0.05, 0.1) is 0 Å². The van der Waals surface area contributed by atoms with E-state index in [0.29, 0.717) is 0 Å². The molecule has 72 valence electrons. The Balaban J connectivity index is 2.25. The van der Waals surface area contributed by atoms with Crippen molar-refractivity contribution in [2.24, 2.45) is 11.8 Å². The maximum absolute atomic E-state index is 3.53. The first-order chi connectivity index (χ1) is 5.77. The molecule has 1 aliphatic carbocycles. The Labute approximate surface area is 76.9 Å². The molecular weight excluding hydrogens is 146 g/mol. The van der Waals surface area contributed by atoms with Gasteiger partial charge in [-0.05, 0) is 38.1 Å². The van der Waals surface area contributed by atoms with E-state index < -0.39 is 0 Å². The van der Waals surface area contributed by atoms with Crippen LogP contribution in [0.5, 0.6) is 0 Å². The first-order valence-corrected chi connectivity index (χ1v) is 5.51. The molecule has 0 spiro atoms. The lowest BCUT2D eigenvalue weighted by Crippen LogP contribution is -2.32. The van der Waals surface area contributed by atoms with Gasteiger partial charge in [0.25, 0.3) is 0 Å². The molecule has 1 rings (SSSR count). The second kappa shape index (κ2) is 4.86. The van der Waals surface area contributed by atoms with Gasteiger partial charge in [0, 0.05) is 6.04 Å². The van der Waals surface area contributed by atoms with Crippen LogP contribution in [0.1, 0.15) is 46.5 Å². The number of nitrogens with one attached hydrogen (secondary N) is 1. The van der Waals surface area contributed by atoms with E-state index in [0.717, 1.165) is 24.4 Å². The zero-order valence-electron chi connectivity index (χ0n) is 8.77. The van der Waals surface area contributed by atoms with Gasteiger partial charge in [-0.3, -0.25) is 0 Å². The molecule has 0 heterocycles. The molecule has 1 heteroatoms. The Morgan fingerprint density at radius 1 is 1.33 bits per heavy atom. The van der Waals surface area contributed by atoms with Crippen LogP contribution in [0.25, 0.3) is 0 Å². The van der Waals surface area contributed by atoms with Crippen LogP contribution in [0.3, 0.4) is 0 Å². The van der Waals surface area contributed by atoms with Gasteiger partial charge < -0.3 is 5.32 Å². The fourth-order valence-electron chi connectivity index (χ4n) is 2.43. The van der Waals surface area contributed by atoms with Crippen molar-refractivity contribution in [3.05, 3.63) is 0 Å². The molecule has 1 N–H and O–H groups in total.